The molecule has 6 heteroatoms. The monoisotopic (exact) mass is 271 g/mol. The molecule has 1 aliphatic heterocycles. The van der Waals surface area contributed by atoms with Crippen molar-refractivity contribution in [2.24, 2.45) is 0 Å². The van der Waals surface area contributed by atoms with E-state index in [1.807, 2.05) is 6.92 Å². The van der Waals surface area contributed by atoms with Crippen LogP contribution >= 0.6 is 0 Å². The minimum Gasteiger partial charge on any atom is -0.480 e. The maximum absolute atomic E-state index is 12.1. The van der Waals surface area contributed by atoms with Crippen molar-refractivity contribution in [1.29, 1.82) is 0 Å². The smallest absolute Gasteiger partial charge is 0.326 e. The first-order chi connectivity index (χ1) is 8.99. The van der Waals surface area contributed by atoms with E-state index >= 15 is 0 Å². The Hall–Kier alpha value is -1.30. The zero-order valence-corrected chi connectivity index (χ0v) is 12.1. The van der Waals surface area contributed by atoms with E-state index in [9.17, 15) is 9.59 Å². The van der Waals surface area contributed by atoms with E-state index < -0.39 is 12.0 Å². The fraction of sp³-hybridized carbons (Fsp3) is 0.846. The molecule has 0 saturated carbocycles. The van der Waals surface area contributed by atoms with Gasteiger partial charge in [0.05, 0.1) is 0 Å². The van der Waals surface area contributed by atoms with Crippen molar-refractivity contribution >= 4 is 12.0 Å². The van der Waals surface area contributed by atoms with Crippen LogP contribution in [0.4, 0.5) is 4.79 Å². The maximum atomic E-state index is 12.1. The van der Waals surface area contributed by atoms with Crippen LogP contribution in [0.1, 0.15) is 33.6 Å². The summed E-state index contributed by atoms with van der Waals surface area (Å²) in [6.45, 7) is 9.31. The summed E-state index contributed by atoms with van der Waals surface area (Å²) < 4.78 is 0. The van der Waals surface area contributed by atoms with E-state index in [0.29, 0.717) is 13.0 Å². The molecule has 1 heterocycles. The second-order valence-electron chi connectivity index (χ2n) is 5.03. The van der Waals surface area contributed by atoms with Crippen molar-refractivity contribution in [3.05, 3.63) is 0 Å². The second kappa shape index (κ2) is 7.33. The molecule has 0 aliphatic carbocycles. The third kappa shape index (κ3) is 4.38. The third-order valence-corrected chi connectivity index (χ3v) is 3.60. The number of nitrogens with zero attached hydrogens (tertiary/aromatic N) is 2. The maximum Gasteiger partial charge on any atom is 0.326 e. The molecule has 2 amide bonds. The van der Waals surface area contributed by atoms with Gasteiger partial charge >= 0.3 is 12.0 Å². The largest absolute Gasteiger partial charge is 0.480 e. The number of likely N-dealkylation sites (tertiary alicyclic amines) is 1. The van der Waals surface area contributed by atoms with Crippen molar-refractivity contribution < 1.29 is 14.7 Å². The number of carbonyl (C=O) groups is 2. The summed E-state index contributed by atoms with van der Waals surface area (Å²) in [4.78, 5) is 26.8. The Balaban J connectivity index is 2.47. The average molecular weight is 271 g/mol. The zero-order chi connectivity index (χ0) is 14.4. The molecule has 1 saturated heterocycles. The highest BCUT2D eigenvalue weighted by Crippen LogP contribution is 2.17. The van der Waals surface area contributed by atoms with Gasteiger partial charge in [0.25, 0.3) is 0 Å². The fourth-order valence-corrected chi connectivity index (χ4v) is 2.47. The van der Waals surface area contributed by atoms with Gasteiger partial charge in [-0.25, -0.2) is 9.59 Å². The highest BCUT2D eigenvalue weighted by molar-refractivity contribution is 5.83. The molecular formula is C13H25N3O3. The molecule has 2 N–H and O–H groups in total. The Morgan fingerprint density at radius 2 is 2.05 bits per heavy atom. The van der Waals surface area contributed by atoms with Gasteiger partial charge in [0.1, 0.15) is 6.04 Å². The van der Waals surface area contributed by atoms with Gasteiger partial charge in [-0.3, -0.25) is 0 Å². The highest BCUT2D eigenvalue weighted by Gasteiger charge is 2.34. The molecule has 1 aliphatic rings. The normalized spacial score (nSPS) is 20.6. The van der Waals surface area contributed by atoms with Crippen molar-refractivity contribution in [3.8, 4) is 0 Å². The van der Waals surface area contributed by atoms with Crippen LogP contribution in [0.2, 0.25) is 0 Å². The van der Waals surface area contributed by atoms with E-state index in [4.69, 9.17) is 5.11 Å². The third-order valence-electron chi connectivity index (χ3n) is 3.60. The van der Waals surface area contributed by atoms with Crippen LogP contribution in [0.5, 0.6) is 0 Å². The summed E-state index contributed by atoms with van der Waals surface area (Å²) in [6, 6.07) is -0.910. The quantitative estimate of drug-likeness (QED) is 0.755. The van der Waals surface area contributed by atoms with Crippen molar-refractivity contribution in [3.63, 3.8) is 0 Å². The molecule has 6 nitrogen and oxygen atoms in total. The molecule has 0 aromatic carbocycles. The lowest BCUT2D eigenvalue weighted by Gasteiger charge is -2.27. The number of carboxylic acid groups (broad SMARTS) is 1. The van der Waals surface area contributed by atoms with Crippen LogP contribution in [-0.2, 0) is 4.79 Å². The lowest BCUT2D eigenvalue weighted by molar-refractivity contribution is -0.141. The number of likely N-dealkylation sites (N-methyl/N-ethyl adjacent to an activating group) is 1. The van der Waals surface area contributed by atoms with E-state index in [2.05, 4.69) is 24.1 Å². The van der Waals surface area contributed by atoms with Gasteiger partial charge in [-0.1, -0.05) is 13.8 Å². The second-order valence-corrected chi connectivity index (χ2v) is 5.03. The number of aliphatic carboxylic acids is 1. The molecule has 0 spiro atoms. The molecule has 1 rings (SSSR count). The summed E-state index contributed by atoms with van der Waals surface area (Å²) in [5, 5.41) is 11.9. The number of carbonyl (C=O) groups excluding carboxylic acids is 1. The number of urea groups is 1. The van der Waals surface area contributed by atoms with Crippen LogP contribution in [0.15, 0.2) is 0 Å². The van der Waals surface area contributed by atoms with Gasteiger partial charge < -0.3 is 20.2 Å². The van der Waals surface area contributed by atoms with Crippen LogP contribution in [-0.4, -0.2) is 65.2 Å². The molecule has 0 bridgehead atoms. The number of carboxylic acids is 1. The van der Waals surface area contributed by atoms with Gasteiger partial charge in [-0.15, -0.1) is 0 Å². The fourth-order valence-electron chi connectivity index (χ4n) is 2.47. The Morgan fingerprint density at radius 1 is 1.42 bits per heavy atom. The van der Waals surface area contributed by atoms with Crippen molar-refractivity contribution in [2.75, 3.05) is 26.2 Å². The van der Waals surface area contributed by atoms with Gasteiger partial charge in [0, 0.05) is 19.1 Å². The van der Waals surface area contributed by atoms with Gasteiger partial charge in [-0.2, -0.15) is 0 Å². The van der Waals surface area contributed by atoms with Crippen LogP contribution < -0.4 is 5.32 Å². The predicted molar refractivity (Wildman–Crippen MR) is 73.1 cm³/mol. The summed E-state index contributed by atoms with van der Waals surface area (Å²) in [7, 11) is 0. The Bertz CT molecular complexity index is 318. The number of hydrogen-bond donors (Lipinski definition) is 2. The molecule has 1 fully saturated rings. The molecule has 0 aromatic rings. The number of rotatable bonds is 6. The minimum atomic E-state index is -0.913. The molecule has 2 atom stereocenters. The van der Waals surface area contributed by atoms with E-state index in [1.165, 1.54) is 4.90 Å². The molecule has 19 heavy (non-hydrogen) atoms. The first kappa shape index (κ1) is 15.8. The number of nitrogens with one attached hydrogen (secondary N) is 1. The Labute approximate surface area is 114 Å². The highest BCUT2D eigenvalue weighted by atomic mass is 16.4. The van der Waals surface area contributed by atoms with E-state index in [1.54, 1.807) is 0 Å². The van der Waals surface area contributed by atoms with Gasteiger partial charge in [-0.05, 0) is 32.9 Å². The topological polar surface area (TPSA) is 72.9 Å². The molecule has 110 valence electrons. The predicted octanol–water partition coefficient (Wildman–Crippen LogP) is 0.975. The van der Waals surface area contributed by atoms with Crippen molar-refractivity contribution in [1.82, 2.24) is 15.1 Å². The molecule has 0 radical (unpaired) electrons. The van der Waals surface area contributed by atoms with E-state index in [0.717, 1.165) is 26.1 Å². The summed E-state index contributed by atoms with van der Waals surface area (Å²) >= 11 is 0. The summed E-state index contributed by atoms with van der Waals surface area (Å²) in [5.74, 6) is -0.913. The minimum absolute atomic E-state index is 0.0162. The van der Waals surface area contributed by atoms with E-state index in [-0.39, 0.29) is 12.1 Å². The zero-order valence-electron chi connectivity index (χ0n) is 12.1. The summed E-state index contributed by atoms with van der Waals surface area (Å²) in [5.41, 5.74) is 0. The standard InChI is InChI=1S/C13H25N3O3/c1-4-15(5-2)9-10(3)14-13(19)16-8-6-7-11(16)12(17)18/h10-11H,4-9H2,1-3H3,(H,14,19)(H,17,18)/t10?,11-/m1/s1. The van der Waals surface area contributed by atoms with Crippen LogP contribution in [0.25, 0.3) is 0 Å². The van der Waals surface area contributed by atoms with Gasteiger partial charge in [0.2, 0.25) is 0 Å². The number of hydrogen-bond acceptors (Lipinski definition) is 3. The lowest BCUT2D eigenvalue weighted by Crippen LogP contribution is -2.50. The molecular weight excluding hydrogens is 246 g/mol. The SMILES string of the molecule is CCN(CC)CC(C)NC(=O)N1CCC[C@@H]1C(=O)O. The number of amides is 2. The van der Waals surface area contributed by atoms with Crippen molar-refractivity contribution in [2.45, 2.75) is 45.7 Å². The average Bonchev–Trinajstić information content (AvgIpc) is 2.85. The summed E-state index contributed by atoms with van der Waals surface area (Å²) in [6.07, 6.45) is 1.31. The Morgan fingerprint density at radius 3 is 2.58 bits per heavy atom. The van der Waals surface area contributed by atoms with Gasteiger partial charge in [0.15, 0.2) is 0 Å². The Kier molecular flexibility index (Phi) is 6.08. The first-order valence-electron chi connectivity index (χ1n) is 7.01. The molecule has 0 aromatic heterocycles. The van der Waals surface area contributed by atoms with Crippen LogP contribution in [0.3, 0.4) is 0 Å². The van der Waals surface area contributed by atoms with Crippen LogP contribution in [0, 0.1) is 0 Å². The first-order valence-corrected chi connectivity index (χ1v) is 7.01. The molecule has 1 unspecified atom stereocenters. The lowest BCUT2D eigenvalue weighted by atomic mass is 10.2.